The summed E-state index contributed by atoms with van der Waals surface area (Å²) in [4.78, 5) is 31.2. The van der Waals surface area contributed by atoms with Gasteiger partial charge in [0.2, 0.25) is 5.91 Å². The minimum Gasteiger partial charge on any atom is -0.352 e. The van der Waals surface area contributed by atoms with Crippen LogP contribution in [-0.4, -0.2) is 45.0 Å². The van der Waals surface area contributed by atoms with Crippen molar-refractivity contribution in [3.63, 3.8) is 0 Å². The maximum absolute atomic E-state index is 12.8. The van der Waals surface area contributed by atoms with Crippen molar-refractivity contribution in [2.45, 2.75) is 26.3 Å². The van der Waals surface area contributed by atoms with Gasteiger partial charge in [0.05, 0.1) is 5.69 Å². The molecule has 30 heavy (non-hydrogen) atoms. The highest BCUT2D eigenvalue weighted by Crippen LogP contribution is 2.21. The van der Waals surface area contributed by atoms with E-state index in [2.05, 4.69) is 20.5 Å². The first-order chi connectivity index (χ1) is 14.6. The lowest BCUT2D eigenvalue weighted by Gasteiger charge is -2.31. The van der Waals surface area contributed by atoms with Crippen molar-refractivity contribution in [2.75, 3.05) is 13.1 Å². The monoisotopic (exact) mass is 403 g/mol. The Morgan fingerprint density at radius 1 is 1.17 bits per heavy atom. The van der Waals surface area contributed by atoms with Crippen LogP contribution in [-0.2, 0) is 11.3 Å². The molecule has 3 heterocycles. The molecule has 1 aliphatic heterocycles. The first kappa shape index (κ1) is 19.8. The number of amides is 2. The molecule has 1 aliphatic rings. The number of rotatable bonds is 5. The number of carbonyl (C=O) groups is 2. The van der Waals surface area contributed by atoms with Crippen LogP contribution in [0.1, 0.15) is 34.5 Å². The lowest BCUT2D eigenvalue weighted by molar-refractivity contribution is -0.126. The van der Waals surface area contributed by atoms with Gasteiger partial charge in [-0.3, -0.25) is 19.7 Å². The Hall–Kier alpha value is -3.48. The Morgan fingerprint density at radius 2 is 1.97 bits per heavy atom. The molecule has 0 bridgehead atoms. The molecule has 0 radical (unpaired) electrons. The van der Waals surface area contributed by atoms with Gasteiger partial charge in [0.25, 0.3) is 5.91 Å². The van der Waals surface area contributed by atoms with Gasteiger partial charge < -0.3 is 10.2 Å². The molecule has 0 atom stereocenters. The van der Waals surface area contributed by atoms with Crippen LogP contribution in [0, 0.1) is 12.8 Å². The Kier molecular flexibility index (Phi) is 5.88. The van der Waals surface area contributed by atoms with Gasteiger partial charge in [-0.2, -0.15) is 5.10 Å². The second kappa shape index (κ2) is 8.90. The third-order valence-corrected chi connectivity index (χ3v) is 5.63. The van der Waals surface area contributed by atoms with E-state index in [0.717, 1.165) is 11.1 Å². The molecule has 2 aromatic heterocycles. The average molecular weight is 403 g/mol. The topological polar surface area (TPSA) is 91.0 Å². The van der Waals surface area contributed by atoms with Crippen molar-refractivity contribution >= 4 is 11.8 Å². The normalized spacial score (nSPS) is 14.5. The molecule has 0 unspecified atom stereocenters. The summed E-state index contributed by atoms with van der Waals surface area (Å²) in [6.07, 6.45) is 4.74. The molecule has 1 fully saturated rings. The molecule has 2 amide bonds. The van der Waals surface area contributed by atoms with Gasteiger partial charge in [0, 0.05) is 43.5 Å². The standard InChI is InChI=1S/C23H25N5O2/c1-16-5-2-3-6-18(16)15-25-22(29)17-8-11-28(12-9-17)23(30)21-13-20(26-27-21)19-7-4-10-24-14-19/h2-7,10,13-14,17H,8-9,11-12,15H2,1H3,(H,25,29)(H,26,27). The van der Waals surface area contributed by atoms with E-state index in [1.165, 1.54) is 5.56 Å². The summed E-state index contributed by atoms with van der Waals surface area (Å²) in [7, 11) is 0. The zero-order valence-corrected chi connectivity index (χ0v) is 17.0. The summed E-state index contributed by atoms with van der Waals surface area (Å²) < 4.78 is 0. The quantitative estimate of drug-likeness (QED) is 0.685. The number of benzene rings is 1. The van der Waals surface area contributed by atoms with E-state index in [1.807, 2.05) is 43.3 Å². The molecular formula is C23H25N5O2. The SMILES string of the molecule is Cc1ccccc1CNC(=O)C1CCN(C(=O)c2cc(-c3cccnc3)n[nH]2)CC1. The number of nitrogens with zero attached hydrogens (tertiary/aromatic N) is 3. The zero-order valence-electron chi connectivity index (χ0n) is 17.0. The average Bonchev–Trinajstić information content (AvgIpc) is 3.29. The fourth-order valence-corrected chi connectivity index (χ4v) is 3.74. The Morgan fingerprint density at radius 3 is 2.70 bits per heavy atom. The summed E-state index contributed by atoms with van der Waals surface area (Å²) >= 11 is 0. The first-order valence-electron chi connectivity index (χ1n) is 10.2. The van der Waals surface area contributed by atoms with Gasteiger partial charge in [-0.05, 0) is 49.1 Å². The fraction of sp³-hybridized carbons (Fsp3) is 0.304. The molecule has 4 rings (SSSR count). The molecule has 0 spiro atoms. The van der Waals surface area contributed by atoms with Crippen molar-refractivity contribution in [1.82, 2.24) is 25.4 Å². The maximum Gasteiger partial charge on any atom is 0.271 e. The summed E-state index contributed by atoms with van der Waals surface area (Å²) in [5, 5.41) is 10.1. The predicted molar refractivity (Wildman–Crippen MR) is 113 cm³/mol. The molecule has 154 valence electrons. The third kappa shape index (κ3) is 4.40. The van der Waals surface area contributed by atoms with Crippen LogP contribution in [0.15, 0.2) is 54.9 Å². The number of H-pyrrole nitrogens is 1. The Labute approximate surface area is 175 Å². The van der Waals surface area contributed by atoms with E-state index in [0.29, 0.717) is 43.9 Å². The lowest BCUT2D eigenvalue weighted by atomic mass is 9.95. The molecule has 0 saturated carbocycles. The molecule has 0 aliphatic carbocycles. The number of aryl methyl sites for hydroxylation is 1. The smallest absolute Gasteiger partial charge is 0.271 e. The fourth-order valence-electron chi connectivity index (χ4n) is 3.74. The van der Waals surface area contributed by atoms with Crippen LogP contribution in [0.25, 0.3) is 11.3 Å². The summed E-state index contributed by atoms with van der Waals surface area (Å²) in [5.41, 5.74) is 4.30. The molecule has 1 aromatic carbocycles. The van der Waals surface area contributed by atoms with Crippen molar-refractivity contribution in [3.05, 3.63) is 71.7 Å². The number of hydrogen-bond donors (Lipinski definition) is 2. The van der Waals surface area contributed by atoms with E-state index in [4.69, 9.17) is 0 Å². The summed E-state index contributed by atoms with van der Waals surface area (Å²) in [6.45, 7) is 3.70. The summed E-state index contributed by atoms with van der Waals surface area (Å²) in [6, 6.07) is 13.5. The maximum atomic E-state index is 12.8. The highest BCUT2D eigenvalue weighted by Gasteiger charge is 2.28. The third-order valence-electron chi connectivity index (χ3n) is 5.63. The van der Waals surface area contributed by atoms with Crippen molar-refractivity contribution in [1.29, 1.82) is 0 Å². The van der Waals surface area contributed by atoms with Crippen molar-refractivity contribution in [3.8, 4) is 11.3 Å². The number of pyridine rings is 1. The number of carbonyl (C=O) groups excluding carboxylic acids is 2. The van der Waals surface area contributed by atoms with Crippen molar-refractivity contribution in [2.24, 2.45) is 5.92 Å². The highest BCUT2D eigenvalue weighted by atomic mass is 16.2. The predicted octanol–water partition coefficient (Wildman–Crippen LogP) is 2.95. The van der Waals surface area contributed by atoms with Crippen LogP contribution < -0.4 is 5.32 Å². The van der Waals surface area contributed by atoms with Crippen LogP contribution in [0.5, 0.6) is 0 Å². The molecule has 7 heteroatoms. The van der Waals surface area contributed by atoms with Crippen LogP contribution in [0.4, 0.5) is 0 Å². The minimum atomic E-state index is -0.0867. The van der Waals surface area contributed by atoms with Crippen LogP contribution in [0.2, 0.25) is 0 Å². The lowest BCUT2D eigenvalue weighted by Crippen LogP contribution is -2.43. The van der Waals surface area contributed by atoms with Gasteiger partial charge in [-0.15, -0.1) is 0 Å². The molecule has 3 aromatic rings. The van der Waals surface area contributed by atoms with Crippen LogP contribution in [0.3, 0.4) is 0 Å². The molecule has 7 nitrogen and oxygen atoms in total. The van der Waals surface area contributed by atoms with Gasteiger partial charge in [-0.25, -0.2) is 0 Å². The molecule has 1 saturated heterocycles. The number of piperidine rings is 1. The highest BCUT2D eigenvalue weighted by molar-refractivity contribution is 5.93. The minimum absolute atomic E-state index is 0.0609. The van der Waals surface area contributed by atoms with Gasteiger partial charge in [-0.1, -0.05) is 24.3 Å². The van der Waals surface area contributed by atoms with Gasteiger partial charge >= 0.3 is 0 Å². The van der Waals surface area contributed by atoms with Crippen LogP contribution >= 0.6 is 0 Å². The summed E-state index contributed by atoms with van der Waals surface area (Å²) in [5.74, 6) is -0.0899. The Balaban J connectivity index is 1.30. The van der Waals surface area contributed by atoms with Crippen molar-refractivity contribution < 1.29 is 9.59 Å². The zero-order chi connectivity index (χ0) is 20.9. The molecule has 2 N–H and O–H groups in total. The number of aromatic nitrogens is 3. The largest absolute Gasteiger partial charge is 0.352 e. The number of aromatic amines is 1. The van der Waals surface area contributed by atoms with E-state index in [1.54, 1.807) is 23.4 Å². The van der Waals surface area contributed by atoms with E-state index >= 15 is 0 Å². The number of nitrogens with one attached hydrogen (secondary N) is 2. The number of hydrogen-bond acceptors (Lipinski definition) is 4. The second-order valence-corrected chi connectivity index (χ2v) is 7.62. The van der Waals surface area contributed by atoms with Gasteiger partial charge in [0.15, 0.2) is 0 Å². The first-order valence-corrected chi connectivity index (χ1v) is 10.2. The van der Waals surface area contributed by atoms with E-state index < -0.39 is 0 Å². The van der Waals surface area contributed by atoms with Gasteiger partial charge in [0.1, 0.15) is 5.69 Å². The second-order valence-electron chi connectivity index (χ2n) is 7.62. The molecular weight excluding hydrogens is 378 g/mol. The van der Waals surface area contributed by atoms with E-state index in [-0.39, 0.29) is 17.7 Å². The number of likely N-dealkylation sites (tertiary alicyclic amines) is 1. The Bertz CT molecular complexity index is 1020. The van der Waals surface area contributed by atoms with E-state index in [9.17, 15) is 9.59 Å².